The van der Waals surface area contributed by atoms with Crippen LogP contribution >= 0.6 is 11.6 Å². The number of rotatable bonds is 5. The molecule has 3 fully saturated rings. The maximum absolute atomic E-state index is 14.8. The molecule has 38 heavy (non-hydrogen) atoms. The number of aromatic nitrogens is 3. The van der Waals surface area contributed by atoms with Crippen molar-refractivity contribution in [1.29, 1.82) is 0 Å². The summed E-state index contributed by atoms with van der Waals surface area (Å²) >= 11 is 5.89. The Labute approximate surface area is 221 Å². The van der Waals surface area contributed by atoms with E-state index < -0.39 is 28.8 Å². The van der Waals surface area contributed by atoms with Crippen LogP contribution in [0.25, 0.3) is 11.0 Å². The van der Waals surface area contributed by atoms with Crippen LogP contribution in [0, 0.1) is 5.82 Å². The fraction of sp³-hybridized carbons (Fsp3) is 0.440. The molecule has 3 aliphatic rings. The van der Waals surface area contributed by atoms with Crippen molar-refractivity contribution in [1.82, 2.24) is 19.9 Å². The van der Waals surface area contributed by atoms with Gasteiger partial charge in [-0.15, -0.1) is 0 Å². The SMILES string of the molecule is CC(C)(C)OC(=O)N1C[C@H]2CC[C@@H]1CN2c1ccc2ncnc(Nc3ccc(OC(F)F)c(Cl)c3F)c2n1. The Bertz CT molecular complexity index is 1370. The van der Waals surface area contributed by atoms with Gasteiger partial charge < -0.3 is 24.6 Å². The zero-order valence-corrected chi connectivity index (χ0v) is 21.7. The summed E-state index contributed by atoms with van der Waals surface area (Å²) in [6.45, 7) is 3.51. The number of nitrogens with one attached hydrogen (secondary N) is 1. The van der Waals surface area contributed by atoms with E-state index in [1.54, 1.807) is 11.0 Å². The van der Waals surface area contributed by atoms with Crippen LogP contribution in [0.4, 0.5) is 35.3 Å². The number of amides is 1. The molecular weight excluding hydrogens is 525 g/mol. The van der Waals surface area contributed by atoms with Gasteiger partial charge in [0.2, 0.25) is 0 Å². The Balaban J connectivity index is 1.40. The molecule has 5 heterocycles. The van der Waals surface area contributed by atoms with E-state index >= 15 is 0 Å². The number of anilines is 3. The van der Waals surface area contributed by atoms with Crippen molar-refractivity contribution in [3.8, 4) is 5.75 Å². The number of ether oxygens (including phenoxy) is 2. The van der Waals surface area contributed by atoms with Gasteiger partial charge in [-0.05, 0) is 57.9 Å². The summed E-state index contributed by atoms with van der Waals surface area (Å²) in [5.74, 6) is -0.554. The minimum atomic E-state index is -3.14. The fourth-order valence-corrected chi connectivity index (χ4v) is 4.99. The van der Waals surface area contributed by atoms with Crippen LogP contribution in [0.3, 0.4) is 0 Å². The van der Waals surface area contributed by atoms with Crippen LogP contribution < -0.4 is 15.0 Å². The van der Waals surface area contributed by atoms with E-state index in [0.29, 0.717) is 29.9 Å². The summed E-state index contributed by atoms with van der Waals surface area (Å²) in [5.41, 5.74) is 0.247. The Hall–Kier alpha value is -3.54. The number of fused-ring (bicyclic) bond motifs is 4. The number of alkyl halides is 2. The predicted octanol–water partition coefficient (Wildman–Crippen LogP) is 5.75. The number of benzene rings is 1. The van der Waals surface area contributed by atoms with E-state index in [1.807, 2.05) is 26.8 Å². The van der Waals surface area contributed by atoms with Gasteiger partial charge in [-0.2, -0.15) is 8.78 Å². The molecular formula is C25H26ClF3N6O3. The average molecular weight is 551 g/mol. The van der Waals surface area contributed by atoms with Crippen LogP contribution in [0.1, 0.15) is 33.6 Å². The molecule has 3 aromatic rings. The molecule has 1 N–H and O–H groups in total. The standard InChI is InChI=1S/C25H26ClF3N6O3/c1-25(2,3)38-24(36)35-11-13-4-5-14(35)10-34(13)18-9-7-16-21(33-18)22(31-12-30-16)32-15-6-8-17(37-23(28)29)19(26)20(15)27/h6-9,12-14,23H,4-5,10-11H2,1-3H3,(H,30,31,32)/t13-,14-/m1/s1. The van der Waals surface area contributed by atoms with Crippen LogP contribution in [0.5, 0.6) is 5.75 Å². The van der Waals surface area contributed by atoms with Crippen molar-refractivity contribution in [2.45, 2.75) is 57.9 Å². The summed E-state index contributed by atoms with van der Waals surface area (Å²) in [6.07, 6.45) is 2.76. The number of pyridine rings is 1. The summed E-state index contributed by atoms with van der Waals surface area (Å²) in [4.78, 5) is 29.9. The van der Waals surface area contributed by atoms with Gasteiger partial charge in [0.1, 0.15) is 34.0 Å². The quantitative estimate of drug-likeness (QED) is 0.429. The highest BCUT2D eigenvalue weighted by Crippen LogP contribution is 2.36. The number of hydrogen-bond donors (Lipinski definition) is 1. The number of piperidine rings is 2. The molecule has 9 nitrogen and oxygen atoms in total. The highest BCUT2D eigenvalue weighted by atomic mass is 35.5. The zero-order chi connectivity index (χ0) is 27.2. The summed E-state index contributed by atoms with van der Waals surface area (Å²) in [6, 6.07) is 6.06. The number of carbonyl (C=O) groups is 1. The largest absolute Gasteiger partial charge is 0.444 e. The van der Waals surface area contributed by atoms with Crippen LogP contribution in [-0.2, 0) is 4.74 Å². The van der Waals surface area contributed by atoms with Gasteiger partial charge in [-0.25, -0.2) is 24.1 Å². The normalized spacial score (nSPS) is 19.3. The number of carbonyl (C=O) groups excluding carboxylic acids is 1. The van der Waals surface area contributed by atoms with Gasteiger partial charge in [0.15, 0.2) is 11.6 Å². The third-order valence-electron chi connectivity index (χ3n) is 6.44. The number of nitrogens with zero attached hydrogens (tertiary/aromatic N) is 5. The smallest absolute Gasteiger partial charge is 0.410 e. The maximum Gasteiger partial charge on any atom is 0.410 e. The molecule has 0 aliphatic carbocycles. The highest BCUT2D eigenvalue weighted by molar-refractivity contribution is 6.32. The predicted molar refractivity (Wildman–Crippen MR) is 136 cm³/mol. The van der Waals surface area contributed by atoms with Crippen molar-refractivity contribution in [3.63, 3.8) is 0 Å². The Kier molecular flexibility index (Phi) is 6.84. The Morgan fingerprint density at radius 2 is 1.89 bits per heavy atom. The van der Waals surface area contributed by atoms with E-state index in [0.717, 1.165) is 18.9 Å². The van der Waals surface area contributed by atoms with Crippen LogP contribution in [-0.4, -0.2) is 63.3 Å². The fourth-order valence-electron chi connectivity index (χ4n) is 4.78. The van der Waals surface area contributed by atoms with Crippen molar-refractivity contribution in [3.05, 3.63) is 41.4 Å². The molecule has 13 heteroatoms. The lowest BCUT2D eigenvalue weighted by molar-refractivity contribution is -0.0499. The molecule has 0 unspecified atom stereocenters. The average Bonchev–Trinajstić information content (AvgIpc) is 2.87. The third kappa shape index (κ3) is 5.22. The lowest BCUT2D eigenvalue weighted by atomic mass is 9.91. The summed E-state index contributed by atoms with van der Waals surface area (Å²) in [5, 5.41) is 2.26. The van der Waals surface area contributed by atoms with Gasteiger partial charge in [0, 0.05) is 19.1 Å². The van der Waals surface area contributed by atoms with Crippen molar-refractivity contribution in [2.75, 3.05) is 23.3 Å². The second-order valence-corrected chi connectivity index (χ2v) is 10.6. The number of hydrogen-bond acceptors (Lipinski definition) is 8. The molecule has 0 spiro atoms. The third-order valence-corrected chi connectivity index (χ3v) is 6.79. The van der Waals surface area contributed by atoms with Crippen molar-refractivity contribution >= 4 is 46.1 Å². The van der Waals surface area contributed by atoms with E-state index in [2.05, 4.69) is 24.9 Å². The summed E-state index contributed by atoms with van der Waals surface area (Å²) in [7, 11) is 0. The zero-order valence-electron chi connectivity index (χ0n) is 20.9. The molecule has 0 saturated carbocycles. The molecule has 1 amide bonds. The second-order valence-electron chi connectivity index (χ2n) is 10.2. The molecule has 1 aromatic carbocycles. The van der Waals surface area contributed by atoms with Gasteiger partial charge in [0.05, 0.1) is 17.2 Å². The lowest BCUT2D eigenvalue weighted by Crippen LogP contribution is -2.64. The van der Waals surface area contributed by atoms with Crippen LogP contribution in [0.2, 0.25) is 5.02 Å². The van der Waals surface area contributed by atoms with E-state index in [9.17, 15) is 18.0 Å². The number of halogens is 4. The molecule has 2 bridgehead atoms. The molecule has 202 valence electrons. The van der Waals surface area contributed by atoms with Gasteiger partial charge in [0.25, 0.3) is 0 Å². The molecule has 2 aromatic heterocycles. The first kappa shape index (κ1) is 26.1. The van der Waals surface area contributed by atoms with Gasteiger partial charge in [-0.1, -0.05) is 11.6 Å². The van der Waals surface area contributed by atoms with E-state index in [1.165, 1.54) is 12.4 Å². The molecule has 6 rings (SSSR count). The highest BCUT2D eigenvalue weighted by Gasteiger charge is 2.43. The van der Waals surface area contributed by atoms with Gasteiger partial charge in [-0.3, -0.25) is 0 Å². The minimum Gasteiger partial charge on any atom is -0.444 e. The first-order chi connectivity index (χ1) is 18.0. The second kappa shape index (κ2) is 9.97. The first-order valence-electron chi connectivity index (χ1n) is 12.1. The Morgan fingerprint density at radius 3 is 2.58 bits per heavy atom. The Morgan fingerprint density at radius 1 is 1.13 bits per heavy atom. The maximum atomic E-state index is 14.8. The van der Waals surface area contributed by atoms with Crippen LogP contribution in [0.15, 0.2) is 30.6 Å². The minimum absolute atomic E-state index is 0.0119. The lowest BCUT2D eigenvalue weighted by Gasteiger charge is -2.51. The summed E-state index contributed by atoms with van der Waals surface area (Å²) < 4.78 is 49.8. The van der Waals surface area contributed by atoms with Gasteiger partial charge >= 0.3 is 12.7 Å². The van der Waals surface area contributed by atoms with Crippen molar-refractivity contribution in [2.24, 2.45) is 0 Å². The molecule has 2 atom stereocenters. The van der Waals surface area contributed by atoms with E-state index in [-0.39, 0.29) is 29.7 Å². The molecule has 0 radical (unpaired) electrons. The molecule has 3 aliphatic heterocycles. The van der Waals surface area contributed by atoms with Crippen molar-refractivity contribution < 1.29 is 27.4 Å². The van der Waals surface area contributed by atoms with E-state index in [4.69, 9.17) is 21.3 Å². The monoisotopic (exact) mass is 550 g/mol. The number of piperazine rings is 1. The molecule has 3 saturated heterocycles. The first-order valence-corrected chi connectivity index (χ1v) is 12.5. The topological polar surface area (TPSA) is 92.7 Å².